The maximum absolute atomic E-state index is 12.7. The molecule has 1 unspecified atom stereocenters. The number of nitrogens with zero attached hydrogens (tertiary/aromatic N) is 2. The van der Waals surface area contributed by atoms with E-state index in [0.29, 0.717) is 13.2 Å². The standard InChI is InChI=1S/C17H24N2O3/c1-21-12-11-19-13-16(17(20)18-9-5-2-6-10-18)22-15-8-4-3-7-14(15)19/h3-4,7-8,16H,2,5-6,9-13H2,1H3. The summed E-state index contributed by atoms with van der Waals surface area (Å²) in [5.41, 5.74) is 1.04. The molecule has 1 aromatic rings. The molecule has 2 aliphatic heterocycles. The van der Waals surface area contributed by atoms with Gasteiger partial charge >= 0.3 is 0 Å². The third kappa shape index (κ3) is 3.19. The second-order valence-electron chi connectivity index (χ2n) is 5.90. The molecular formula is C17H24N2O3. The lowest BCUT2D eigenvalue weighted by Crippen LogP contribution is -2.52. The Balaban J connectivity index is 1.75. The van der Waals surface area contributed by atoms with Crippen LogP contribution in [0.15, 0.2) is 24.3 Å². The normalized spacial score (nSPS) is 21.2. The molecule has 2 heterocycles. The van der Waals surface area contributed by atoms with Crippen molar-refractivity contribution in [1.29, 1.82) is 0 Å². The fourth-order valence-electron chi connectivity index (χ4n) is 3.17. The molecule has 3 rings (SSSR count). The highest BCUT2D eigenvalue weighted by molar-refractivity contribution is 5.83. The molecule has 0 bridgehead atoms. The first-order valence-corrected chi connectivity index (χ1v) is 8.08. The molecule has 22 heavy (non-hydrogen) atoms. The number of benzene rings is 1. The van der Waals surface area contributed by atoms with Crippen molar-refractivity contribution in [3.63, 3.8) is 0 Å². The maximum Gasteiger partial charge on any atom is 0.265 e. The first kappa shape index (κ1) is 15.2. The van der Waals surface area contributed by atoms with Crippen molar-refractivity contribution in [3.05, 3.63) is 24.3 Å². The summed E-state index contributed by atoms with van der Waals surface area (Å²) in [4.78, 5) is 16.9. The molecule has 0 radical (unpaired) electrons. The predicted molar refractivity (Wildman–Crippen MR) is 85.4 cm³/mol. The highest BCUT2D eigenvalue weighted by Gasteiger charge is 2.33. The molecule has 0 aliphatic carbocycles. The quantitative estimate of drug-likeness (QED) is 0.852. The van der Waals surface area contributed by atoms with Gasteiger partial charge in [-0.1, -0.05) is 12.1 Å². The van der Waals surface area contributed by atoms with Gasteiger partial charge in [-0.3, -0.25) is 4.79 Å². The summed E-state index contributed by atoms with van der Waals surface area (Å²) in [6, 6.07) is 7.91. The Morgan fingerprint density at radius 1 is 1.27 bits per heavy atom. The van der Waals surface area contributed by atoms with Gasteiger partial charge in [0.25, 0.3) is 5.91 Å². The number of carbonyl (C=O) groups excluding carboxylic acids is 1. The molecule has 0 N–H and O–H groups in total. The summed E-state index contributed by atoms with van der Waals surface area (Å²) in [6.07, 6.45) is 3.01. The molecule has 2 aliphatic rings. The Morgan fingerprint density at radius 3 is 2.82 bits per heavy atom. The predicted octanol–water partition coefficient (Wildman–Crippen LogP) is 1.91. The zero-order valence-electron chi connectivity index (χ0n) is 13.2. The van der Waals surface area contributed by atoms with E-state index in [1.165, 1.54) is 6.42 Å². The Morgan fingerprint density at radius 2 is 2.05 bits per heavy atom. The third-order valence-electron chi connectivity index (χ3n) is 4.37. The molecule has 0 aromatic heterocycles. The van der Waals surface area contributed by atoms with Gasteiger partial charge in [-0.05, 0) is 31.4 Å². The number of hydrogen-bond donors (Lipinski definition) is 0. The number of methoxy groups -OCH3 is 1. The van der Waals surface area contributed by atoms with Crippen molar-refractivity contribution >= 4 is 11.6 Å². The average Bonchev–Trinajstić information content (AvgIpc) is 2.59. The molecule has 1 amide bonds. The topological polar surface area (TPSA) is 42.0 Å². The molecule has 1 aromatic carbocycles. The summed E-state index contributed by atoms with van der Waals surface area (Å²) in [5, 5.41) is 0. The number of hydrogen-bond acceptors (Lipinski definition) is 4. The van der Waals surface area contributed by atoms with Crippen LogP contribution in [0.4, 0.5) is 5.69 Å². The van der Waals surface area contributed by atoms with E-state index in [1.807, 2.05) is 29.2 Å². The highest BCUT2D eigenvalue weighted by Crippen LogP contribution is 2.33. The van der Waals surface area contributed by atoms with Gasteiger partial charge in [0.05, 0.1) is 18.8 Å². The third-order valence-corrected chi connectivity index (χ3v) is 4.37. The molecule has 5 heteroatoms. The summed E-state index contributed by atoms with van der Waals surface area (Å²) < 4.78 is 11.2. The zero-order chi connectivity index (χ0) is 15.4. The summed E-state index contributed by atoms with van der Waals surface area (Å²) in [6.45, 7) is 3.71. The number of rotatable bonds is 4. The van der Waals surface area contributed by atoms with E-state index in [4.69, 9.17) is 9.47 Å². The SMILES string of the molecule is COCCN1CC(C(=O)N2CCCCC2)Oc2ccccc21. The van der Waals surface area contributed by atoms with Crippen LogP contribution >= 0.6 is 0 Å². The van der Waals surface area contributed by atoms with E-state index in [1.54, 1.807) is 7.11 Å². The minimum Gasteiger partial charge on any atom is -0.477 e. The minimum absolute atomic E-state index is 0.122. The van der Waals surface area contributed by atoms with Crippen LogP contribution in [0, 0.1) is 0 Å². The minimum atomic E-state index is -0.412. The Kier molecular flexibility index (Phi) is 4.83. The number of amides is 1. The van der Waals surface area contributed by atoms with E-state index in [2.05, 4.69) is 4.90 Å². The molecular weight excluding hydrogens is 280 g/mol. The van der Waals surface area contributed by atoms with E-state index in [0.717, 1.165) is 43.9 Å². The fourth-order valence-corrected chi connectivity index (χ4v) is 3.17. The number of fused-ring (bicyclic) bond motifs is 1. The van der Waals surface area contributed by atoms with E-state index in [9.17, 15) is 4.79 Å². The Bertz CT molecular complexity index is 514. The van der Waals surface area contributed by atoms with Crippen molar-refractivity contribution < 1.29 is 14.3 Å². The number of likely N-dealkylation sites (tertiary alicyclic amines) is 1. The first-order valence-electron chi connectivity index (χ1n) is 8.08. The largest absolute Gasteiger partial charge is 0.477 e. The zero-order valence-corrected chi connectivity index (χ0v) is 13.2. The van der Waals surface area contributed by atoms with Crippen LogP contribution in [-0.4, -0.2) is 56.8 Å². The molecule has 0 saturated carbocycles. The van der Waals surface area contributed by atoms with Gasteiger partial charge in [0.2, 0.25) is 0 Å². The summed E-state index contributed by atoms with van der Waals surface area (Å²) in [5.74, 6) is 0.914. The van der Waals surface area contributed by atoms with Crippen LogP contribution in [0.5, 0.6) is 5.75 Å². The summed E-state index contributed by atoms with van der Waals surface area (Å²) >= 11 is 0. The van der Waals surface area contributed by atoms with Gasteiger partial charge < -0.3 is 19.3 Å². The fraction of sp³-hybridized carbons (Fsp3) is 0.588. The van der Waals surface area contributed by atoms with Crippen molar-refractivity contribution in [2.75, 3.05) is 44.8 Å². The average molecular weight is 304 g/mol. The van der Waals surface area contributed by atoms with Crippen LogP contribution in [0.3, 0.4) is 0 Å². The molecule has 0 spiro atoms. The van der Waals surface area contributed by atoms with Gasteiger partial charge in [-0.25, -0.2) is 0 Å². The van der Waals surface area contributed by atoms with Crippen LogP contribution in [0.25, 0.3) is 0 Å². The monoisotopic (exact) mass is 304 g/mol. The number of carbonyl (C=O) groups is 1. The Labute approximate surface area is 131 Å². The first-order chi connectivity index (χ1) is 10.8. The second-order valence-corrected chi connectivity index (χ2v) is 5.90. The van der Waals surface area contributed by atoms with Crippen molar-refractivity contribution in [2.24, 2.45) is 0 Å². The van der Waals surface area contributed by atoms with Crippen molar-refractivity contribution in [1.82, 2.24) is 4.90 Å². The summed E-state index contributed by atoms with van der Waals surface area (Å²) in [7, 11) is 1.70. The smallest absolute Gasteiger partial charge is 0.265 e. The van der Waals surface area contributed by atoms with E-state index < -0.39 is 6.10 Å². The number of para-hydroxylation sites is 2. The van der Waals surface area contributed by atoms with Crippen LogP contribution in [0.2, 0.25) is 0 Å². The lowest BCUT2D eigenvalue weighted by molar-refractivity contribution is -0.139. The van der Waals surface area contributed by atoms with E-state index in [-0.39, 0.29) is 5.91 Å². The van der Waals surface area contributed by atoms with Crippen LogP contribution < -0.4 is 9.64 Å². The van der Waals surface area contributed by atoms with Crippen LogP contribution in [0.1, 0.15) is 19.3 Å². The van der Waals surface area contributed by atoms with Gasteiger partial charge in [-0.15, -0.1) is 0 Å². The van der Waals surface area contributed by atoms with E-state index >= 15 is 0 Å². The van der Waals surface area contributed by atoms with Crippen molar-refractivity contribution in [3.8, 4) is 5.75 Å². The maximum atomic E-state index is 12.7. The molecule has 1 atom stereocenters. The van der Waals surface area contributed by atoms with Gasteiger partial charge in [-0.2, -0.15) is 0 Å². The van der Waals surface area contributed by atoms with Crippen molar-refractivity contribution in [2.45, 2.75) is 25.4 Å². The van der Waals surface area contributed by atoms with Crippen LogP contribution in [-0.2, 0) is 9.53 Å². The lowest BCUT2D eigenvalue weighted by Gasteiger charge is -2.38. The van der Waals surface area contributed by atoms with Gasteiger partial charge in [0, 0.05) is 26.7 Å². The Hall–Kier alpha value is -1.75. The lowest BCUT2D eigenvalue weighted by atomic mass is 10.1. The molecule has 1 saturated heterocycles. The second kappa shape index (κ2) is 7.01. The number of anilines is 1. The van der Waals surface area contributed by atoms with Gasteiger partial charge in [0.1, 0.15) is 5.75 Å². The number of ether oxygens (including phenoxy) is 2. The number of piperidine rings is 1. The molecule has 5 nitrogen and oxygen atoms in total. The molecule has 120 valence electrons. The van der Waals surface area contributed by atoms with Gasteiger partial charge in [0.15, 0.2) is 6.10 Å². The molecule has 1 fully saturated rings. The highest BCUT2D eigenvalue weighted by atomic mass is 16.5.